The van der Waals surface area contributed by atoms with Crippen LogP contribution in [0, 0.1) is 0 Å². The number of benzene rings is 4. The van der Waals surface area contributed by atoms with Crippen molar-refractivity contribution >= 4 is 28.8 Å². The van der Waals surface area contributed by atoms with Crippen molar-refractivity contribution in [2.75, 3.05) is 0 Å². The van der Waals surface area contributed by atoms with Crippen molar-refractivity contribution in [3.63, 3.8) is 0 Å². The Kier molecular flexibility index (Phi) is 3.10. The van der Waals surface area contributed by atoms with Gasteiger partial charge in [0.25, 0.3) is 0 Å². The SMILES string of the molecule is O=P1(c2ccc3ccccc3c2)Oc2ccccc2-c2ccccc21. The smallest absolute Gasteiger partial charge is 0.307 e. The second-order valence-corrected chi connectivity index (χ2v) is 8.47. The first-order chi connectivity index (χ1) is 12.3. The van der Waals surface area contributed by atoms with E-state index in [4.69, 9.17) is 4.52 Å². The topological polar surface area (TPSA) is 26.3 Å². The van der Waals surface area contributed by atoms with E-state index in [-0.39, 0.29) is 0 Å². The van der Waals surface area contributed by atoms with Gasteiger partial charge in [-0.15, -0.1) is 0 Å². The van der Waals surface area contributed by atoms with Crippen LogP contribution in [0.15, 0.2) is 91.0 Å². The van der Waals surface area contributed by atoms with Gasteiger partial charge in [0.2, 0.25) is 0 Å². The molecule has 4 aromatic rings. The van der Waals surface area contributed by atoms with Crippen molar-refractivity contribution in [1.82, 2.24) is 0 Å². The van der Waals surface area contributed by atoms with Gasteiger partial charge in [-0.05, 0) is 40.6 Å². The molecular weight excluding hydrogens is 327 g/mol. The maximum absolute atomic E-state index is 14.0. The minimum absolute atomic E-state index is 0.678. The lowest BCUT2D eigenvalue weighted by Crippen LogP contribution is -2.25. The second kappa shape index (κ2) is 5.34. The van der Waals surface area contributed by atoms with Crippen LogP contribution < -0.4 is 15.1 Å². The zero-order valence-corrected chi connectivity index (χ0v) is 14.3. The number of fused-ring (bicyclic) bond motifs is 4. The Labute approximate surface area is 146 Å². The van der Waals surface area contributed by atoms with E-state index in [1.54, 1.807) is 0 Å². The summed E-state index contributed by atoms with van der Waals surface area (Å²) in [5.74, 6) is 0.678. The Morgan fingerprint density at radius 2 is 1.32 bits per heavy atom. The Morgan fingerprint density at radius 1 is 0.640 bits per heavy atom. The van der Waals surface area contributed by atoms with Gasteiger partial charge in [-0.2, -0.15) is 0 Å². The van der Waals surface area contributed by atoms with Gasteiger partial charge in [0, 0.05) is 5.56 Å². The van der Waals surface area contributed by atoms with E-state index in [0.717, 1.165) is 32.5 Å². The summed E-state index contributed by atoms with van der Waals surface area (Å²) in [4.78, 5) is 0. The molecule has 0 N–H and O–H groups in total. The van der Waals surface area contributed by atoms with Crippen LogP contribution in [-0.2, 0) is 4.57 Å². The summed E-state index contributed by atoms with van der Waals surface area (Å²) in [5, 5.41) is 3.69. The monoisotopic (exact) mass is 342 g/mol. The quantitative estimate of drug-likeness (QED) is 0.448. The van der Waals surface area contributed by atoms with Crippen molar-refractivity contribution in [2.45, 2.75) is 0 Å². The molecule has 1 heterocycles. The third-order valence-electron chi connectivity index (χ3n) is 4.70. The van der Waals surface area contributed by atoms with Gasteiger partial charge in [0.05, 0.1) is 10.6 Å². The van der Waals surface area contributed by atoms with Gasteiger partial charge in [0.15, 0.2) is 0 Å². The van der Waals surface area contributed by atoms with Gasteiger partial charge >= 0.3 is 7.37 Å². The molecule has 3 heteroatoms. The second-order valence-electron chi connectivity index (χ2n) is 6.19. The molecule has 0 aromatic heterocycles. The summed E-state index contributed by atoms with van der Waals surface area (Å²) in [6, 6.07) is 29.6. The largest absolute Gasteiger partial charge is 0.436 e. The van der Waals surface area contributed by atoms with E-state index in [1.165, 1.54) is 0 Å². The summed E-state index contributed by atoms with van der Waals surface area (Å²) in [6.45, 7) is 0. The van der Waals surface area contributed by atoms with Crippen LogP contribution in [0.2, 0.25) is 0 Å². The van der Waals surface area contributed by atoms with Crippen LogP contribution in [-0.4, -0.2) is 0 Å². The van der Waals surface area contributed by atoms with E-state index < -0.39 is 7.37 Å². The van der Waals surface area contributed by atoms with E-state index in [2.05, 4.69) is 6.07 Å². The van der Waals surface area contributed by atoms with Gasteiger partial charge in [-0.25, -0.2) is 0 Å². The molecule has 0 saturated carbocycles. The third kappa shape index (κ3) is 2.15. The van der Waals surface area contributed by atoms with Crippen molar-refractivity contribution in [3.8, 4) is 16.9 Å². The Balaban J connectivity index is 1.79. The molecule has 5 rings (SSSR count). The van der Waals surface area contributed by atoms with Crippen LogP contribution in [0.3, 0.4) is 0 Å². The Hall–Kier alpha value is -2.83. The van der Waals surface area contributed by atoms with E-state index >= 15 is 0 Å². The first-order valence-corrected chi connectivity index (χ1v) is 9.86. The van der Waals surface area contributed by atoms with Gasteiger partial charge in [0.1, 0.15) is 5.75 Å². The number of hydrogen-bond donors (Lipinski definition) is 0. The molecule has 1 atom stereocenters. The third-order valence-corrected chi connectivity index (χ3v) is 7.13. The Bertz CT molecular complexity index is 1160. The van der Waals surface area contributed by atoms with Gasteiger partial charge < -0.3 is 4.52 Å². The molecule has 0 saturated heterocycles. The average Bonchev–Trinajstić information content (AvgIpc) is 2.68. The zero-order chi connectivity index (χ0) is 16.9. The van der Waals surface area contributed by atoms with E-state index in [9.17, 15) is 4.57 Å². The maximum atomic E-state index is 14.0. The summed E-state index contributed by atoms with van der Waals surface area (Å²) >= 11 is 0. The number of para-hydroxylation sites is 1. The van der Waals surface area contributed by atoms with Crippen LogP contribution in [0.25, 0.3) is 21.9 Å². The molecule has 1 unspecified atom stereocenters. The fourth-order valence-corrected chi connectivity index (χ4v) is 5.76. The summed E-state index contributed by atoms with van der Waals surface area (Å²) < 4.78 is 20.2. The van der Waals surface area contributed by atoms with Gasteiger partial charge in [-0.3, -0.25) is 4.57 Å². The summed E-state index contributed by atoms with van der Waals surface area (Å²) in [7, 11) is -3.19. The average molecular weight is 342 g/mol. The molecule has 0 fully saturated rings. The highest BCUT2D eigenvalue weighted by Crippen LogP contribution is 2.53. The van der Waals surface area contributed by atoms with Crippen molar-refractivity contribution in [3.05, 3.63) is 91.0 Å². The highest BCUT2D eigenvalue weighted by atomic mass is 31.2. The molecule has 120 valence electrons. The molecule has 0 aliphatic carbocycles. The lowest BCUT2D eigenvalue weighted by atomic mass is 10.0. The molecule has 0 radical (unpaired) electrons. The molecule has 25 heavy (non-hydrogen) atoms. The highest BCUT2D eigenvalue weighted by Gasteiger charge is 2.37. The van der Waals surface area contributed by atoms with Gasteiger partial charge in [-0.1, -0.05) is 66.7 Å². The molecule has 0 spiro atoms. The fraction of sp³-hybridized carbons (Fsp3) is 0. The summed E-state index contributed by atoms with van der Waals surface area (Å²) in [6.07, 6.45) is 0. The molecule has 2 nitrogen and oxygen atoms in total. The molecule has 1 aliphatic heterocycles. The predicted molar refractivity (Wildman–Crippen MR) is 103 cm³/mol. The van der Waals surface area contributed by atoms with Crippen molar-refractivity contribution in [1.29, 1.82) is 0 Å². The lowest BCUT2D eigenvalue weighted by Gasteiger charge is -2.29. The predicted octanol–water partition coefficient (Wildman–Crippen LogP) is 5.13. The minimum Gasteiger partial charge on any atom is -0.436 e. The highest BCUT2D eigenvalue weighted by molar-refractivity contribution is 7.75. The fourth-order valence-electron chi connectivity index (χ4n) is 3.47. The molecule has 0 bridgehead atoms. The lowest BCUT2D eigenvalue weighted by molar-refractivity contribution is 0.502. The van der Waals surface area contributed by atoms with E-state index in [0.29, 0.717) is 5.75 Å². The Morgan fingerprint density at radius 3 is 2.20 bits per heavy atom. The molecule has 4 aromatic carbocycles. The maximum Gasteiger partial charge on any atom is 0.307 e. The number of rotatable bonds is 1. The van der Waals surface area contributed by atoms with Crippen molar-refractivity contribution in [2.24, 2.45) is 0 Å². The van der Waals surface area contributed by atoms with Crippen LogP contribution in [0.4, 0.5) is 0 Å². The zero-order valence-electron chi connectivity index (χ0n) is 13.4. The minimum atomic E-state index is -3.19. The normalized spacial score (nSPS) is 18.2. The first-order valence-electron chi connectivity index (χ1n) is 8.24. The first kappa shape index (κ1) is 14.5. The van der Waals surface area contributed by atoms with Crippen LogP contribution in [0.5, 0.6) is 5.75 Å². The molecule has 1 aliphatic rings. The van der Waals surface area contributed by atoms with Crippen LogP contribution in [0.1, 0.15) is 0 Å². The van der Waals surface area contributed by atoms with Crippen molar-refractivity contribution < 1.29 is 9.09 Å². The van der Waals surface area contributed by atoms with E-state index in [1.807, 2.05) is 84.9 Å². The summed E-state index contributed by atoms with van der Waals surface area (Å²) in [5.41, 5.74) is 1.98. The molecular formula is C22H15O2P. The number of hydrogen-bond acceptors (Lipinski definition) is 2. The molecule has 0 amide bonds. The van der Waals surface area contributed by atoms with Crippen LogP contribution >= 0.6 is 7.37 Å². The standard InChI is InChI=1S/C22H15O2P/c23-25(18-14-13-16-7-1-2-8-17(16)15-18)22-12-6-4-10-20(22)19-9-3-5-11-21(19)24-25/h1-15H.